The first kappa shape index (κ1) is 19.0. The van der Waals surface area contributed by atoms with Crippen molar-refractivity contribution in [1.29, 1.82) is 0 Å². The van der Waals surface area contributed by atoms with Crippen LogP contribution in [0.5, 0.6) is 0 Å². The fourth-order valence-corrected chi connectivity index (χ4v) is 5.87. The van der Waals surface area contributed by atoms with Gasteiger partial charge in [-0.1, -0.05) is 13.0 Å². The zero-order chi connectivity index (χ0) is 19.7. The molecule has 0 unspecified atom stereocenters. The number of nitrogens with one attached hydrogen (secondary N) is 3. The fraction of sp³-hybridized carbons (Fsp3) is 0.591. The predicted octanol–water partition coefficient (Wildman–Crippen LogP) is 3.31. The molecule has 0 aromatic heterocycles. The predicted molar refractivity (Wildman–Crippen MR) is 108 cm³/mol. The number of benzene rings is 1. The minimum atomic E-state index is -0.253. The zero-order valence-corrected chi connectivity index (χ0v) is 16.4. The van der Waals surface area contributed by atoms with Crippen molar-refractivity contribution in [2.45, 2.75) is 51.9 Å². The van der Waals surface area contributed by atoms with E-state index in [1.807, 2.05) is 0 Å². The van der Waals surface area contributed by atoms with Gasteiger partial charge in [0, 0.05) is 23.2 Å². The maximum atomic E-state index is 12.9. The van der Waals surface area contributed by atoms with Crippen LogP contribution in [0, 0.1) is 23.2 Å². The second-order valence-corrected chi connectivity index (χ2v) is 8.91. The molecule has 0 spiro atoms. The standard InChI is InChI=1S/C22H29N3O3/c1-2-19(26)24-17-4-3-5-18(9-17)25-20(27)13-23-21(28)22-10-14-6-15(11-22)8-16(7-14)12-22/h3-5,9,14-16H,2,6-8,10-13H2,1H3,(H,23,28)(H,24,26)(H,25,27). The average molecular weight is 383 g/mol. The molecule has 1 aromatic rings. The van der Waals surface area contributed by atoms with Crippen molar-refractivity contribution in [2.24, 2.45) is 23.2 Å². The van der Waals surface area contributed by atoms with Crippen molar-refractivity contribution in [3.8, 4) is 0 Å². The highest BCUT2D eigenvalue weighted by Gasteiger charge is 2.54. The lowest BCUT2D eigenvalue weighted by atomic mass is 9.49. The van der Waals surface area contributed by atoms with Gasteiger partial charge in [0.2, 0.25) is 17.7 Å². The van der Waals surface area contributed by atoms with Gasteiger partial charge < -0.3 is 16.0 Å². The topological polar surface area (TPSA) is 87.3 Å². The molecule has 5 rings (SSSR count). The normalized spacial score (nSPS) is 30.0. The summed E-state index contributed by atoms with van der Waals surface area (Å²) in [7, 11) is 0. The van der Waals surface area contributed by atoms with Crippen LogP contribution in [0.15, 0.2) is 24.3 Å². The number of amides is 3. The lowest BCUT2D eigenvalue weighted by Crippen LogP contribution is -2.54. The van der Waals surface area contributed by atoms with Crippen LogP contribution in [0.2, 0.25) is 0 Å². The molecule has 4 fully saturated rings. The molecular weight excluding hydrogens is 354 g/mol. The summed E-state index contributed by atoms with van der Waals surface area (Å²) in [4.78, 5) is 36.8. The third kappa shape index (κ3) is 3.91. The van der Waals surface area contributed by atoms with Crippen molar-refractivity contribution in [1.82, 2.24) is 5.32 Å². The van der Waals surface area contributed by atoms with Gasteiger partial charge in [-0.25, -0.2) is 0 Å². The van der Waals surface area contributed by atoms with Crippen molar-refractivity contribution in [3.63, 3.8) is 0 Å². The Labute approximate surface area is 165 Å². The molecule has 3 N–H and O–H groups in total. The Balaban J connectivity index is 1.31. The Morgan fingerprint density at radius 1 is 0.929 bits per heavy atom. The molecule has 4 bridgehead atoms. The van der Waals surface area contributed by atoms with Gasteiger partial charge in [0.1, 0.15) is 0 Å². The van der Waals surface area contributed by atoms with Gasteiger partial charge in [0.15, 0.2) is 0 Å². The maximum absolute atomic E-state index is 12.9. The number of carbonyl (C=O) groups excluding carboxylic acids is 3. The highest BCUT2D eigenvalue weighted by atomic mass is 16.2. The Morgan fingerprint density at radius 3 is 2.00 bits per heavy atom. The summed E-state index contributed by atoms with van der Waals surface area (Å²) in [6, 6.07) is 7.03. The second-order valence-electron chi connectivity index (χ2n) is 8.91. The number of rotatable bonds is 6. The molecule has 28 heavy (non-hydrogen) atoms. The highest BCUT2D eigenvalue weighted by Crippen LogP contribution is 2.60. The van der Waals surface area contributed by atoms with E-state index in [0.29, 0.717) is 35.5 Å². The van der Waals surface area contributed by atoms with Gasteiger partial charge in [-0.15, -0.1) is 0 Å². The average Bonchev–Trinajstić information content (AvgIpc) is 2.65. The van der Waals surface area contributed by atoms with Crippen molar-refractivity contribution < 1.29 is 14.4 Å². The van der Waals surface area contributed by atoms with Crippen LogP contribution >= 0.6 is 0 Å². The molecular formula is C22H29N3O3. The summed E-state index contributed by atoms with van der Waals surface area (Å²) >= 11 is 0. The smallest absolute Gasteiger partial charge is 0.243 e. The monoisotopic (exact) mass is 383 g/mol. The molecule has 4 saturated carbocycles. The van der Waals surface area contributed by atoms with Crippen molar-refractivity contribution >= 4 is 29.1 Å². The molecule has 4 aliphatic rings. The van der Waals surface area contributed by atoms with Crippen LogP contribution in [0.3, 0.4) is 0 Å². The van der Waals surface area contributed by atoms with Crippen molar-refractivity contribution in [3.05, 3.63) is 24.3 Å². The molecule has 1 aromatic carbocycles. The molecule has 6 nitrogen and oxygen atoms in total. The van der Waals surface area contributed by atoms with E-state index in [1.165, 1.54) is 19.3 Å². The zero-order valence-electron chi connectivity index (χ0n) is 16.4. The lowest BCUT2D eigenvalue weighted by Gasteiger charge is -2.55. The largest absolute Gasteiger partial charge is 0.347 e. The number of carbonyl (C=O) groups is 3. The third-order valence-corrected chi connectivity index (χ3v) is 6.68. The molecule has 6 heteroatoms. The summed E-state index contributed by atoms with van der Waals surface area (Å²) in [6.45, 7) is 1.76. The van der Waals surface area contributed by atoms with Gasteiger partial charge in [-0.2, -0.15) is 0 Å². The Morgan fingerprint density at radius 2 is 1.46 bits per heavy atom. The first-order valence-electron chi connectivity index (χ1n) is 10.4. The van der Waals surface area contributed by atoms with Gasteiger partial charge in [0.05, 0.1) is 6.54 Å². The van der Waals surface area contributed by atoms with E-state index in [2.05, 4.69) is 16.0 Å². The van der Waals surface area contributed by atoms with Crippen molar-refractivity contribution in [2.75, 3.05) is 17.2 Å². The number of hydrogen-bond donors (Lipinski definition) is 3. The first-order chi connectivity index (χ1) is 13.5. The first-order valence-corrected chi connectivity index (χ1v) is 10.4. The Hall–Kier alpha value is -2.37. The molecule has 0 heterocycles. The number of hydrogen-bond acceptors (Lipinski definition) is 3. The van der Waals surface area contributed by atoms with Gasteiger partial charge >= 0.3 is 0 Å². The van der Waals surface area contributed by atoms with E-state index < -0.39 is 0 Å². The van der Waals surface area contributed by atoms with Gasteiger partial charge in [0.25, 0.3) is 0 Å². The van der Waals surface area contributed by atoms with Crippen LogP contribution < -0.4 is 16.0 Å². The minimum Gasteiger partial charge on any atom is -0.347 e. The van der Waals surface area contributed by atoms with Crippen LogP contribution in [0.4, 0.5) is 11.4 Å². The van der Waals surface area contributed by atoms with Crippen LogP contribution in [-0.4, -0.2) is 24.3 Å². The Bertz CT molecular complexity index is 754. The minimum absolute atomic E-state index is 0.0217. The molecule has 0 aliphatic heterocycles. The van der Waals surface area contributed by atoms with E-state index >= 15 is 0 Å². The second kappa shape index (κ2) is 7.57. The van der Waals surface area contributed by atoms with E-state index in [1.54, 1.807) is 31.2 Å². The lowest BCUT2D eigenvalue weighted by molar-refractivity contribution is -0.146. The summed E-state index contributed by atoms with van der Waals surface area (Å²) < 4.78 is 0. The summed E-state index contributed by atoms with van der Waals surface area (Å²) in [5.74, 6) is 1.83. The Kier molecular flexibility index (Phi) is 5.13. The van der Waals surface area contributed by atoms with E-state index in [-0.39, 0.29) is 29.7 Å². The summed E-state index contributed by atoms with van der Waals surface area (Å²) in [5.41, 5.74) is 1.00. The van der Waals surface area contributed by atoms with Crippen LogP contribution in [0.25, 0.3) is 0 Å². The molecule has 0 saturated heterocycles. The maximum Gasteiger partial charge on any atom is 0.243 e. The molecule has 4 aliphatic carbocycles. The molecule has 150 valence electrons. The van der Waals surface area contributed by atoms with Gasteiger partial charge in [-0.05, 0) is 74.5 Å². The van der Waals surface area contributed by atoms with Gasteiger partial charge in [-0.3, -0.25) is 14.4 Å². The SMILES string of the molecule is CCC(=O)Nc1cccc(NC(=O)CNC(=O)C23CC4CC(CC(C4)C2)C3)c1. The summed E-state index contributed by atoms with van der Waals surface area (Å²) in [5, 5.41) is 8.46. The van der Waals surface area contributed by atoms with E-state index in [9.17, 15) is 14.4 Å². The molecule has 3 amide bonds. The third-order valence-electron chi connectivity index (χ3n) is 6.68. The molecule has 0 radical (unpaired) electrons. The number of anilines is 2. The van der Waals surface area contributed by atoms with Crippen LogP contribution in [0.1, 0.15) is 51.9 Å². The van der Waals surface area contributed by atoms with E-state index in [0.717, 1.165) is 19.3 Å². The summed E-state index contributed by atoms with van der Waals surface area (Å²) in [6.07, 6.45) is 7.24. The molecule has 0 atom stereocenters. The van der Waals surface area contributed by atoms with Crippen LogP contribution in [-0.2, 0) is 14.4 Å². The fourth-order valence-electron chi connectivity index (χ4n) is 5.87. The van der Waals surface area contributed by atoms with E-state index in [4.69, 9.17) is 0 Å². The quantitative estimate of drug-likeness (QED) is 0.704. The highest BCUT2D eigenvalue weighted by molar-refractivity contribution is 5.96.